The summed E-state index contributed by atoms with van der Waals surface area (Å²) in [5.74, 6) is 0. The number of ether oxygens (including phenoxy) is 1. The SMILES string of the molecule is COC(=O)NC1=C(Cl)Cc2ccccc21. The molecule has 1 aliphatic rings. The van der Waals surface area contributed by atoms with E-state index in [4.69, 9.17) is 11.6 Å². The zero-order valence-electron chi connectivity index (χ0n) is 8.21. The van der Waals surface area contributed by atoms with Gasteiger partial charge in [-0.05, 0) is 5.56 Å². The topological polar surface area (TPSA) is 38.3 Å². The third-order valence-electron chi connectivity index (χ3n) is 2.32. The van der Waals surface area contributed by atoms with Crippen LogP contribution in [0.3, 0.4) is 0 Å². The summed E-state index contributed by atoms with van der Waals surface area (Å²) in [5.41, 5.74) is 2.74. The fourth-order valence-corrected chi connectivity index (χ4v) is 1.90. The molecule has 0 fully saturated rings. The van der Waals surface area contributed by atoms with Crippen molar-refractivity contribution in [2.45, 2.75) is 6.42 Å². The average molecular weight is 224 g/mol. The molecule has 3 nitrogen and oxygen atoms in total. The number of amides is 1. The van der Waals surface area contributed by atoms with Gasteiger partial charge in [-0.2, -0.15) is 0 Å². The Morgan fingerprint density at radius 2 is 2.20 bits per heavy atom. The average Bonchev–Trinajstić information content (AvgIpc) is 2.55. The van der Waals surface area contributed by atoms with Crippen LogP contribution >= 0.6 is 11.6 Å². The van der Waals surface area contributed by atoms with Crippen LogP contribution in [-0.2, 0) is 11.2 Å². The molecule has 0 spiro atoms. The van der Waals surface area contributed by atoms with Crippen LogP contribution < -0.4 is 5.32 Å². The molecule has 1 aliphatic carbocycles. The molecule has 0 radical (unpaired) electrons. The molecule has 0 heterocycles. The number of carbonyl (C=O) groups is 1. The number of rotatable bonds is 1. The third-order valence-corrected chi connectivity index (χ3v) is 2.64. The standard InChI is InChI=1S/C11H10ClNO2/c1-15-11(14)13-10-8-5-3-2-4-7(8)6-9(10)12/h2-5H,6H2,1H3,(H,13,14). The summed E-state index contributed by atoms with van der Waals surface area (Å²) < 4.78 is 4.53. The summed E-state index contributed by atoms with van der Waals surface area (Å²) in [6.45, 7) is 0. The predicted molar refractivity (Wildman–Crippen MR) is 58.5 cm³/mol. The normalized spacial score (nSPS) is 13.7. The molecule has 1 N–H and O–H groups in total. The maximum absolute atomic E-state index is 11.1. The number of allylic oxidation sites excluding steroid dienone is 1. The fourth-order valence-electron chi connectivity index (χ4n) is 1.61. The molecule has 0 saturated heterocycles. The van der Waals surface area contributed by atoms with Crippen LogP contribution in [0.25, 0.3) is 5.70 Å². The van der Waals surface area contributed by atoms with Gasteiger partial charge in [0.05, 0.1) is 12.8 Å². The number of methoxy groups -OCH3 is 1. The maximum Gasteiger partial charge on any atom is 0.411 e. The molecular formula is C11H10ClNO2. The Morgan fingerprint density at radius 1 is 1.47 bits per heavy atom. The van der Waals surface area contributed by atoms with Crippen LogP contribution in [0.1, 0.15) is 11.1 Å². The zero-order chi connectivity index (χ0) is 10.8. The van der Waals surface area contributed by atoms with E-state index in [1.807, 2.05) is 24.3 Å². The highest BCUT2D eigenvalue weighted by Crippen LogP contribution is 2.32. The third kappa shape index (κ3) is 1.83. The molecule has 4 heteroatoms. The highest BCUT2D eigenvalue weighted by Gasteiger charge is 2.21. The van der Waals surface area contributed by atoms with Gasteiger partial charge in [0.25, 0.3) is 0 Å². The summed E-state index contributed by atoms with van der Waals surface area (Å²) >= 11 is 6.05. The van der Waals surface area contributed by atoms with Crippen molar-refractivity contribution in [3.63, 3.8) is 0 Å². The molecule has 78 valence electrons. The first-order chi connectivity index (χ1) is 7.22. The van der Waals surface area contributed by atoms with Crippen LogP contribution in [0.15, 0.2) is 29.3 Å². The lowest BCUT2D eigenvalue weighted by molar-refractivity contribution is 0.176. The Bertz CT molecular complexity index is 440. The Labute approximate surface area is 92.7 Å². The van der Waals surface area contributed by atoms with E-state index in [2.05, 4.69) is 10.1 Å². The highest BCUT2D eigenvalue weighted by molar-refractivity contribution is 6.33. The van der Waals surface area contributed by atoms with Gasteiger partial charge in [-0.15, -0.1) is 0 Å². The minimum atomic E-state index is -0.500. The van der Waals surface area contributed by atoms with Crippen molar-refractivity contribution in [3.05, 3.63) is 40.4 Å². The van der Waals surface area contributed by atoms with Gasteiger partial charge in [-0.3, -0.25) is 5.32 Å². The van der Waals surface area contributed by atoms with Crippen molar-refractivity contribution >= 4 is 23.4 Å². The van der Waals surface area contributed by atoms with E-state index >= 15 is 0 Å². The Hall–Kier alpha value is -1.48. The van der Waals surface area contributed by atoms with Crippen LogP contribution in [-0.4, -0.2) is 13.2 Å². The number of hydrogen-bond acceptors (Lipinski definition) is 2. The second-order valence-electron chi connectivity index (χ2n) is 3.23. The van der Waals surface area contributed by atoms with Crippen molar-refractivity contribution in [2.24, 2.45) is 0 Å². The van der Waals surface area contributed by atoms with Crippen LogP contribution in [0.4, 0.5) is 4.79 Å². The van der Waals surface area contributed by atoms with E-state index in [1.165, 1.54) is 7.11 Å². The minimum Gasteiger partial charge on any atom is -0.453 e. The predicted octanol–water partition coefficient (Wildman–Crippen LogP) is 2.51. The van der Waals surface area contributed by atoms with Gasteiger partial charge in [0, 0.05) is 17.0 Å². The van der Waals surface area contributed by atoms with Crippen LogP contribution in [0.2, 0.25) is 0 Å². The molecule has 15 heavy (non-hydrogen) atoms. The molecule has 1 aromatic rings. The molecule has 2 rings (SSSR count). The molecule has 0 atom stereocenters. The summed E-state index contributed by atoms with van der Waals surface area (Å²) in [6, 6.07) is 7.77. The lowest BCUT2D eigenvalue weighted by Gasteiger charge is -2.06. The van der Waals surface area contributed by atoms with E-state index < -0.39 is 6.09 Å². The summed E-state index contributed by atoms with van der Waals surface area (Å²) in [5, 5.41) is 3.26. The van der Waals surface area contributed by atoms with Gasteiger partial charge in [-0.25, -0.2) is 4.79 Å². The molecule has 1 aromatic carbocycles. The van der Waals surface area contributed by atoms with Gasteiger partial charge in [0.2, 0.25) is 0 Å². The molecule has 0 saturated carbocycles. The highest BCUT2D eigenvalue weighted by atomic mass is 35.5. The van der Waals surface area contributed by atoms with Gasteiger partial charge >= 0.3 is 6.09 Å². The van der Waals surface area contributed by atoms with Crippen molar-refractivity contribution in [1.82, 2.24) is 5.32 Å². The number of fused-ring (bicyclic) bond motifs is 1. The lowest BCUT2D eigenvalue weighted by Crippen LogP contribution is -2.21. The van der Waals surface area contributed by atoms with Gasteiger partial charge in [0.1, 0.15) is 0 Å². The van der Waals surface area contributed by atoms with E-state index in [9.17, 15) is 4.79 Å². The number of carbonyl (C=O) groups excluding carboxylic acids is 1. The number of benzene rings is 1. The second-order valence-corrected chi connectivity index (χ2v) is 3.69. The van der Waals surface area contributed by atoms with Crippen molar-refractivity contribution in [3.8, 4) is 0 Å². The summed E-state index contributed by atoms with van der Waals surface area (Å²) in [6.07, 6.45) is 0.164. The fraction of sp³-hybridized carbons (Fsp3) is 0.182. The number of nitrogens with one attached hydrogen (secondary N) is 1. The smallest absolute Gasteiger partial charge is 0.411 e. The number of alkyl carbamates (subject to hydrolysis) is 1. The number of halogens is 1. The Morgan fingerprint density at radius 3 is 2.93 bits per heavy atom. The van der Waals surface area contributed by atoms with E-state index in [-0.39, 0.29) is 0 Å². The molecular weight excluding hydrogens is 214 g/mol. The maximum atomic E-state index is 11.1. The largest absolute Gasteiger partial charge is 0.453 e. The Kier molecular flexibility index (Phi) is 2.64. The lowest BCUT2D eigenvalue weighted by atomic mass is 10.1. The van der Waals surface area contributed by atoms with Crippen LogP contribution in [0, 0.1) is 0 Å². The van der Waals surface area contributed by atoms with Gasteiger partial charge in [0.15, 0.2) is 0 Å². The van der Waals surface area contributed by atoms with Crippen molar-refractivity contribution < 1.29 is 9.53 Å². The van der Waals surface area contributed by atoms with Gasteiger partial charge < -0.3 is 4.74 Å². The summed E-state index contributed by atoms with van der Waals surface area (Å²) in [4.78, 5) is 11.1. The first kappa shape index (κ1) is 10.1. The zero-order valence-corrected chi connectivity index (χ0v) is 8.97. The first-order valence-corrected chi connectivity index (χ1v) is 4.92. The first-order valence-electron chi connectivity index (χ1n) is 4.54. The minimum absolute atomic E-state index is 0.500. The van der Waals surface area contributed by atoms with Gasteiger partial charge in [-0.1, -0.05) is 35.9 Å². The van der Waals surface area contributed by atoms with Crippen molar-refractivity contribution in [2.75, 3.05) is 7.11 Å². The van der Waals surface area contributed by atoms with E-state index in [1.54, 1.807) is 0 Å². The monoisotopic (exact) mass is 223 g/mol. The molecule has 1 amide bonds. The quantitative estimate of drug-likeness (QED) is 0.795. The second kappa shape index (κ2) is 3.95. The molecule has 0 aromatic heterocycles. The number of hydrogen-bond donors (Lipinski definition) is 1. The van der Waals surface area contributed by atoms with E-state index in [0.29, 0.717) is 17.2 Å². The van der Waals surface area contributed by atoms with Crippen LogP contribution in [0.5, 0.6) is 0 Å². The molecule has 0 unspecified atom stereocenters. The summed E-state index contributed by atoms with van der Waals surface area (Å²) in [7, 11) is 1.32. The van der Waals surface area contributed by atoms with E-state index in [0.717, 1.165) is 11.1 Å². The Balaban J connectivity index is 2.32. The molecule has 0 bridgehead atoms. The molecule has 0 aliphatic heterocycles. The van der Waals surface area contributed by atoms with Crippen molar-refractivity contribution in [1.29, 1.82) is 0 Å².